The highest BCUT2D eigenvalue weighted by Crippen LogP contribution is 2.42. The minimum atomic E-state index is -2.89. The van der Waals surface area contributed by atoms with Gasteiger partial charge in [-0.25, -0.2) is 17.6 Å². The van der Waals surface area contributed by atoms with Crippen molar-refractivity contribution >= 4 is 18.2 Å². The highest BCUT2D eigenvalue weighted by atomic mass is 35.5. The molecule has 0 spiro atoms. The maximum Gasteiger partial charge on any atom is 0.273 e. The van der Waals surface area contributed by atoms with Crippen molar-refractivity contribution in [2.24, 2.45) is 0 Å². The molecular weight excluding hydrogens is 492 g/mol. The van der Waals surface area contributed by atoms with Gasteiger partial charge in [-0.15, -0.1) is 12.4 Å². The zero-order valence-corrected chi connectivity index (χ0v) is 19.7. The molecule has 6 heterocycles. The molecule has 6 rings (SSSR count). The first kappa shape index (κ1) is 24.6. The number of nitrogens with zero attached hydrogens (tertiary/aromatic N) is 6. The minimum Gasteiger partial charge on any atom is -0.309 e. The molecule has 0 saturated carbocycles. The van der Waals surface area contributed by atoms with Crippen molar-refractivity contribution in [2.45, 2.75) is 50.1 Å². The van der Waals surface area contributed by atoms with E-state index < -0.39 is 55.9 Å². The molecule has 0 amide bonds. The first-order valence-electron chi connectivity index (χ1n) is 11.5. The Bertz CT molecular complexity index is 974. The summed E-state index contributed by atoms with van der Waals surface area (Å²) in [5, 5.41) is 15.6. The Morgan fingerprint density at radius 2 is 1.20 bits per heavy atom. The molecule has 2 fully saturated rings. The summed E-state index contributed by atoms with van der Waals surface area (Å²) in [4.78, 5) is 16.8. The fourth-order valence-corrected chi connectivity index (χ4v) is 5.33. The van der Waals surface area contributed by atoms with Gasteiger partial charge in [-0.05, 0) is 12.1 Å². The second-order valence-electron chi connectivity index (χ2n) is 9.65. The van der Waals surface area contributed by atoms with E-state index in [1.807, 2.05) is 0 Å². The number of ketones is 1. The van der Waals surface area contributed by atoms with Gasteiger partial charge in [0, 0.05) is 26.2 Å². The number of nitrogens with one attached hydrogen (secondary N) is 2. The highest BCUT2D eigenvalue weighted by Gasteiger charge is 2.55. The molecule has 2 saturated heterocycles. The standard InChI is InChI=1S/C21H26F4N8O.ClH/c22-20(23)9-30(10-20)17(15-5-13-7-26-1-3-32(13)28-15)19(34)18(31-11-21(24,25)12-31)16-6-14-8-27-2-4-33(14)29-16;/h5-6,17-18,26-27H,1-4,7-12H2;1H. The van der Waals surface area contributed by atoms with Gasteiger partial charge in [0.15, 0.2) is 5.78 Å². The van der Waals surface area contributed by atoms with Crippen LogP contribution < -0.4 is 10.6 Å². The average molecular weight is 519 g/mol. The van der Waals surface area contributed by atoms with Gasteiger partial charge in [0.1, 0.15) is 12.1 Å². The average Bonchev–Trinajstić information content (AvgIpc) is 3.35. The third kappa shape index (κ3) is 4.48. The predicted octanol–water partition coefficient (Wildman–Crippen LogP) is 0.961. The number of carbonyl (C=O) groups is 1. The summed E-state index contributed by atoms with van der Waals surface area (Å²) < 4.78 is 59.0. The van der Waals surface area contributed by atoms with Crippen molar-refractivity contribution in [1.29, 1.82) is 0 Å². The second-order valence-corrected chi connectivity index (χ2v) is 9.65. The molecule has 192 valence electrons. The molecular formula is C21H27ClF4N8O. The molecule has 9 nitrogen and oxygen atoms in total. The van der Waals surface area contributed by atoms with E-state index in [1.54, 1.807) is 21.5 Å². The third-order valence-electron chi connectivity index (χ3n) is 6.94. The van der Waals surface area contributed by atoms with E-state index in [2.05, 4.69) is 20.8 Å². The summed E-state index contributed by atoms with van der Waals surface area (Å²) in [6.45, 7) is 1.48. The molecule has 0 bridgehead atoms. The number of likely N-dealkylation sites (tertiary alicyclic amines) is 2. The van der Waals surface area contributed by atoms with Crippen LogP contribution in [0.25, 0.3) is 0 Å². The van der Waals surface area contributed by atoms with Gasteiger partial charge in [0.25, 0.3) is 11.8 Å². The van der Waals surface area contributed by atoms with E-state index in [1.165, 1.54) is 9.80 Å². The fourth-order valence-electron chi connectivity index (χ4n) is 5.33. The van der Waals surface area contributed by atoms with Crippen molar-refractivity contribution in [2.75, 3.05) is 39.3 Å². The molecule has 14 heteroatoms. The molecule has 0 aliphatic carbocycles. The van der Waals surface area contributed by atoms with Gasteiger partial charge in [0.2, 0.25) is 0 Å². The van der Waals surface area contributed by atoms with Crippen molar-refractivity contribution in [1.82, 2.24) is 40.0 Å². The summed E-state index contributed by atoms with van der Waals surface area (Å²) >= 11 is 0. The van der Waals surface area contributed by atoms with E-state index in [0.29, 0.717) is 50.7 Å². The van der Waals surface area contributed by atoms with Crippen LogP contribution in [0.1, 0.15) is 34.9 Å². The Balaban J connectivity index is 0.00000253. The first-order chi connectivity index (χ1) is 16.2. The molecule has 2 aromatic rings. The fraction of sp³-hybridized carbons (Fsp3) is 0.667. The quantitative estimate of drug-likeness (QED) is 0.551. The number of rotatable bonds is 6. The maximum absolute atomic E-state index is 14.1. The number of hydrogen-bond acceptors (Lipinski definition) is 7. The summed E-state index contributed by atoms with van der Waals surface area (Å²) in [5.74, 6) is -6.23. The molecule has 0 aromatic carbocycles. The van der Waals surface area contributed by atoms with Crippen LogP contribution in [-0.4, -0.2) is 86.3 Å². The number of halogens is 5. The van der Waals surface area contributed by atoms with Crippen molar-refractivity contribution in [3.63, 3.8) is 0 Å². The summed E-state index contributed by atoms with van der Waals surface area (Å²) in [5.41, 5.74) is 2.48. The number of alkyl halides is 4. The lowest BCUT2D eigenvalue weighted by molar-refractivity contribution is -0.173. The molecule has 2 aromatic heterocycles. The Morgan fingerprint density at radius 1 is 0.800 bits per heavy atom. The summed E-state index contributed by atoms with van der Waals surface area (Å²) in [7, 11) is 0. The van der Waals surface area contributed by atoms with Gasteiger partial charge in [-0.3, -0.25) is 24.0 Å². The van der Waals surface area contributed by atoms with Gasteiger partial charge in [-0.2, -0.15) is 10.2 Å². The lowest BCUT2D eigenvalue weighted by Gasteiger charge is -2.46. The van der Waals surface area contributed by atoms with Crippen molar-refractivity contribution in [3.8, 4) is 0 Å². The number of hydrogen-bond donors (Lipinski definition) is 2. The van der Waals surface area contributed by atoms with Gasteiger partial charge < -0.3 is 10.6 Å². The van der Waals surface area contributed by atoms with E-state index in [4.69, 9.17) is 0 Å². The first-order valence-corrected chi connectivity index (χ1v) is 11.5. The van der Waals surface area contributed by atoms with E-state index in [-0.39, 0.29) is 12.4 Å². The normalized spacial score (nSPS) is 24.8. The predicted molar refractivity (Wildman–Crippen MR) is 119 cm³/mol. The molecule has 0 radical (unpaired) electrons. The number of aromatic nitrogens is 4. The lowest BCUT2D eigenvalue weighted by Crippen LogP contribution is -2.62. The molecule has 2 unspecified atom stereocenters. The minimum absolute atomic E-state index is 0. The Hall–Kier alpha value is -2.06. The summed E-state index contributed by atoms with van der Waals surface area (Å²) in [6, 6.07) is 1.40. The van der Waals surface area contributed by atoms with Crippen LogP contribution in [0.2, 0.25) is 0 Å². The van der Waals surface area contributed by atoms with Crippen LogP contribution in [0, 0.1) is 0 Å². The van der Waals surface area contributed by atoms with Crippen LogP contribution in [0.15, 0.2) is 12.1 Å². The van der Waals surface area contributed by atoms with Gasteiger partial charge in [-0.1, -0.05) is 0 Å². The number of fused-ring (bicyclic) bond motifs is 2. The van der Waals surface area contributed by atoms with Crippen molar-refractivity contribution in [3.05, 3.63) is 34.9 Å². The molecule has 4 aliphatic heterocycles. The smallest absolute Gasteiger partial charge is 0.273 e. The van der Waals surface area contributed by atoms with Crippen LogP contribution in [0.5, 0.6) is 0 Å². The third-order valence-corrected chi connectivity index (χ3v) is 6.94. The van der Waals surface area contributed by atoms with Crippen LogP contribution in [-0.2, 0) is 31.0 Å². The second kappa shape index (κ2) is 8.80. The Morgan fingerprint density at radius 3 is 1.54 bits per heavy atom. The summed E-state index contributed by atoms with van der Waals surface area (Å²) in [6.07, 6.45) is 0. The largest absolute Gasteiger partial charge is 0.309 e. The molecule has 4 aliphatic rings. The van der Waals surface area contributed by atoms with Crippen molar-refractivity contribution < 1.29 is 22.4 Å². The van der Waals surface area contributed by atoms with Crippen LogP contribution >= 0.6 is 12.4 Å². The number of Topliss-reactive ketones (excluding diaryl/α,β-unsaturated/α-hetero) is 1. The van der Waals surface area contributed by atoms with E-state index in [0.717, 1.165) is 11.4 Å². The van der Waals surface area contributed by atoms with Crippen LogP contribution in [0.3, 0.4) is 0 Å². The number of carbonyl (C=O) groups excluding carboxylic acids is 1. The highest BCUT2D eigenvalue weighted by molar-refractivity contribution is 5.90. The maximum atomic E-state index is 14.1. The lowest BCUT2D eigenvalue weighted by atomic mass is 9.91. The van der Waals surface area contributed by atoms with E-state index >= 15 is 0 Å². The van der Waals surface area contributed by atoms with Crippen LogP contribution in [0.4, 0.5) is 17.6 Å². The van der Waals surface area contributed by atoms with E-state index in [9.17, 15) is 22.4 Å². The zero-order valence-electron chi connectivity index (χ0n) is 18.9. The van der Waals surface area contributed by atoms with Gasteiger partial charge >= 0.3 is 0 Å². The molecule has 35 heavy (non-hydrogen) atoms. The Kier molecular flexibility index (Phi) is 6.19. The SMILES string of the molecule is Cl.O=C(C(c1cc2n(n1)CCNC2)N1CC(F)(F)C1)C(c1cc2n(n1)CCNC2)N1CC(F)(F)C1. The molecule has 2 atom stereocenters. The Labute approximate surface area is 205 Å². The topological polar surface area (TPSA) is 83.2 Å². The molecule has 2 N–H and O–H groups in total. The monoisotopic (exact) mass is 518 g/mol. The zero-order chi connectivity index (χ0) is 23.7. The van der Waals surface area contributed by atoms with Gasteiger partial charge in [0.05, 0.1) is 62.0 Å².